The van der Waals surface area contributed by atoms with Crippen LogP contribution in [0.5, 0.6) is 5.75 Å². The molecule has 1 unspecified atom stereocenters. The standard InChI is InChI=1S/C15H13BrF3NO/c1-20-15(8-3-4-13(21-2)10(16)5-8)9-6-11(17)14(19)12(18)7-9/h3-7,15,20H,1-2H3. The maximum atomic E-state index is 13.4. The maximum absolute atomic E-state index is 13.4. The normalized spacial score (nSPS) is 12.3. The van der Waals surface area contributed by atoms with Crippen LogP contribution < -0.4 is 10.1 Å². The summed E-state index contributed by atoms with van der Waals surface area (Å²) in [5.41, 5.74) is 1.06. The number of nitrogens with one attached hydrogen (secondary N) is 1. The molecule has 21 heavy (non-hydrogen) atoms. The molecule has 0 amide bonds. The van der Waals surface area contributed by atoms with Gasteiger partial charge in [0, 0.05) is 0 Å². The molecule has 1 atom stereocenters. The summed E-state index contributed by atoms with van der Waals surface area (Å²) in [4.78, 5) is 0. The number of hydrogen-bond acceptors (Lipinski definition) is 2. The van der Waals surface area contributed by atoms with Crippen molar-refractivity contribution in [3.05, 3.63) is 63.4 Å². The minimum absolute atomic E-state index is 0.297. The molecule has 1 N–H and O–H groups in total. The minimum atomic E-state index is -1.47. The number of benzene rings is 2. The van der Waals surface area contributed by atoms with E-state index in [-0.39, 0.29) is 0 Å². The molecule has 0 bridgehead atoms. The second kappa shape index (κ2) is 6.49. The first kappa shape index (κ1) is 15.9. The molecule has 2 aromatic carbocycles. The Balaban J connectivity index is 2.47. The van der Waals surface area contributed by atoms with E-state index < -0.39 is 23.5 Å². The highest BCUT2D eigenvalue weighted by atomic mass is 79.9. The predicted octanol–water partition coefficient (Wildman–Crippen LogP) is 4.18. The van der Waals surface area contributed by atoms with Gasteiger partial charge in [-0.05, 0) is 58.4 Å². The molecule has 0 radical (unpaired) electrons. The van der Waals surface area contributed by atoms with Gasteiger partial charge >= 0.3 is 0 Å². The van der Waals surface area contributed by atoms with Crippen molar-refractivity contribution < 1.29 is 17.9 Å². The van der Waals surface area contributed by atoms with Gasteiger partial charge in [-0.2, -0.15) is 0 Å². The summed E-state index contributed by atoms with van der Waals surface area (Å²) in [5.74, 6) is -3.25. The Labute approximate surface area is 129 Å². The third kappa shape index (κ3) is 3.22. The van der Waals surface area contributed by atoms with Crippen molar-refractivity contribution in [3.63, 3.8) is 0 Å². The van der Waals surface area contributed by atoms with Crippen LogP contribution in [-0.4, -0.2) is 14.2 Å². The Morgan fingerprint density at radius 1 is 1.05 bits per heavy atom. The number of hydrogen-bond donors (Lipinski definition) is 1. The minimum Gasteiger partial charge on any atom is -0.496 e. The third-order valence-corrected chi connectivity index (χ3v) is 3.76. The molecule has 0 saturated heterocycles. The first-order chi connectivity index (χ1) is 9.97. The van der Waals surface area contributed by atoms with Crippen LogP contribution in [0.25, 0.3) is 0 Å². The summed E-state index contributed by atoms with van der Waals surface area (Å²) in [5, 5.41) is 2.96. The van der Waals surface area contributed by atoms with Crippen LogP contribution >= 0.6 is 15.9 Å². The van der Waals surface area contributed by atoms with Gasteiger partial charge in [0.15, 0.2) is 17.5 Å². The smallest absolute Gasteiger partial charge is 0.194 e. The van der Waals surface area contributed by atoms with Gasteiger partial charge in [0.1, 0.15) is 5.75 Å². The van der Waals surface area contributed by atoms with Crippen molar-refractivity contribution in [2.24, 2.45) is 0 Å². The van der Waals surface area contributed by atoms with E-state index >= 15 is 0 Å². The maximum Gasteiger partial charge on any atom is 0.194 e. The Kier molecular flexibility index (Phi) is 4.90. The van der Waals surface area contributed by atoms with E-state index in [9.17, 15) is 13.2 Å². The van der Waals surface area contributed by atoms with Crippen LogP contribution in [0.4, 0.5) is 13.2 Å². The lowest BCUT2D eigenvalue weighted by Gasteiger charge is -2.18. The fourth-order valence-electron chi connectivity index (χ4n) is 2.13. The van der Waals surface area contributed by atoms with Gasteiger partial charge in [0.05, 0.1) is 17.6 Å². The topological polar surface area (TPSA) is 21.3 Å². The molecule has 0 aliphatic rings. The zero-order chi connectivity index (χ0) is 15.6. The molecular weight excluding hydrogens is 347 g/mol. The lowest BCUT2D eigenvalue weighted by molar-refractivity contribution is 0.411. The molecule has 2 rings (SSSR count). The van der Waals surface area contributed by atoms with E-state index in [1.807, 2.05) is 0 Å². The summed E-state index contributed by atoms with van der Waals surface area (Å²) in [6, 6.07) is 6.77. The average Bonchev–Trinajstić information content (AvgIpc) is 2.45. The van der Waals surface area contributed by atoms with Gasteiger partial charge < -0.3 is 10.1 Å². The number of halogens is 4. The molecule has 0 aliphatic heterocycles. The molecule has 2 aromatic rings. The van der Waals surface area contributed by atoms with Crippen molar-refractivity contribution in [2.75, 3.05) is 14.2 Å². The molecule has 0 fully saturated rings. The first-order valence-corrected chi connectivity index (χ1v) is 6.92. The van der Waals surface area contributed by atoms with E-state index in [2.05, 4.69) is 21.2 Å². The van der Waals surface area contributed by atoms with E-state index in [0.717, 1.165) is 17.7 Å². The van der Waals surface area contributed by atoms with Gasteiger partial charge in [-0.25, -0.2) is 13.2 Å². The molecule has 0 heterocycles. The van der Waals surface area contributed by atoms with Crippen LogP contribution in [0.1, 0.15) is 17.2 Å². The van der Waals surface area contributed by atoms with Gasteiger partial charge in [-0.15, -0.1) is 0 Å². The van der Waals surface area contributed by atoms with E-state index in [0.29, 0.717) is 15.8 Å². The van der Waals surface area contributed by atoms with Crippen molar-refractivity contribution >= 4 is 15.9 Å². The van der Waals surface area contributed by atoms with Gasteiger partial charge in [-0.1, -0.05) is 6.07 Å². The number of methoxy groups -OCH3 is 1. The molecule has 2 nitrogen and oxygen atoms in total. The molecule has 112 valence electrons. The van der Waals surface area contributed by atoms with Gasteiger partial charge in [0.2, 0.25) is 0 Å². The van der Waals surface area contributed by atoms with E-state index in [1.54, 1.807) is 32.4 Å². The monoisotopic (exact) mass is 359 g/mol. The van der Waals surface area contributed by atoms with E-state index in [1.165, 1.54) is 0 Å². The van der Waals surface area contributed by atoms with Crippen LogP contribution in [-0.2, 0) is 0 Å². The van der Waals surface area contributed by atoms with Crippen LogP contribution in [0.2, 0.25) is 0 Å². The molecule has 0 aromatic heterocycles. The van der Waals surface area contributed by atoms with Crippen molar-refractivity contribution in [1.82, 2.24) is 5.32 Å². The predicted molar refractivity (Wildman–Crippen MR) is 77.9 cm³/mol. The Bertz CT molecular complexity index is 640. The van der Waals surface area contributed by atoms with Crippen molar-refractivity contribution in [2.45, 2.75) is 6.04 Å². The zero-order valence-electron chi connectivity index (χ0n) is 11.4. The second-order valence-corrected chi connectivity index (χ2v) is 5.27. The summed E-state index contributed by atoms with van der Waals surface area (Å²) >= 11 is 3.36. The molecule has 0 spiro atoms. The Morgan fingerprint density at radius 3 is 2.14 bits per heavy atom. The fourth-order valence-corrected chi connectivity index (χ4v) is 2.69. The van der Waals surface area contributed by atoms with Crippen LogP contribution in [0.3, 0.4) is 0 Å². The fraction of sp³-hybridized carbons (Fsp3) is 0.200. The summed E-state index contributed by atoms with van der Waals surface area (Å²) in [7, 11) is 3.20. The summed E-state index contributed by atoms with van der Waals surface area (Å²) in [6.07, 6.45) is 0. The Hall–Kier alpha value is -1.53. The lowest BCUT2D eigenvalue weighted by Crippen LogP contribution is -2.18. The van der Waals surface area contributed by atoms with Crippen molar-refractivity contribution in [3.8, 4) is 5.75 Å². The van der Waals surface area contributed by atoms with Gasteiger partial charge in [-0.3, -0.25) is 0 Å². The molecule has 0 aliphatic carbocycles. The number of ether oxygens (including phenoxy) is 1. The quantitative estimate of drug-likeness (QED) is 0.826. The van der Waals surface area contributed by atoms with Gasteiger partial charge in [0.25, 0.3) is 0 Å². The second-order valence-electron chi connectivity index (χ2n) is 4.41. The average molecular weight is 360 g/mol. The first-order valence-electron chi connectivity index (χ1n) is 6.13. The molecule has 0 saturated carbocycles. The molecule has 6 heteroatoms. The highest BCUT2D eigenvalue weighted by Crippen LogP contribution is 2.31. The zero-order valence-corrected chi connectivity index (χ0v) is 13.0. The third-order valence-electron chi connectivity index (χ3n) is 3.14. The highest BCUT2D eigenvalue weighted by Gasteiger charge is 2.18. The lowest BCUT2D eigenvalue weighted by atomic mass is 9.98. The SMILES string of the molecule is CNC(c1cc(F)c(F)c(F)c1)c1ccc(OC)c(Br)c1. The van der Waals surface area contributed by atoms with Crippen molar-refractivity contribution in [1.29, 1.82) is 0 Å². The number of rotatable bonds is 4. The van der Waals surface area contributed by atoms with Crippen LogP contribution in [0.15, 0.2) is 34.8 Å². The molecular formula is C15H13BrF3NO. The highest BCUT2D eigenvalue weighted by molar-refractivity contribution is 9.10. The van der Waals surface area contributed by atoms with E-state index in [4.69, 9.17) is 4.74 Å². The summed E-state index contributed by atoms with van der Waals surface area (Å²) in [6.45, 7) is 0. The van der Waals surface area contributed by atoms with Crippen LogP contribution in [0, 0.1) is 17.5 Å². The summed E-state index contributed by atoms with van der Waals surface area (Å²) < 4.78 is 45.7. The Morgan fingerprint density at radius 2 is 1.67 bits per heavy atom. The largest absolute Gasteiger partial charge is 0.496 e.